The van der Waals surface area contributed by atoms with Crippen molar-refractivity contribution in [3.63, 3.8) is 0 Å². The van der Waals surface area contributed by atoms with Crippen molar-refractivity contribution >= 4 is 28.8 Å². The van der Waals surface area contributed by atoms with Gasteiger partial charge < -0.3 is 35.6 Å². The lowest BCUT2D eigenvalue weighted by atomic mass is 9.88. The van der Waals surface area contributed by atoms with E-state index in [1.807, 2.05) is 54.6 Å². The topological polar surface area (TPSA) is 123 Å². The number of pyridine rings is 1. The molecule has 1 amide bonds. The summed E-state index contributed by atoms with van der Waals surface area (Å²) >= 11 is 0. The van der Waals surface area contributed by atoms with E-state index in [0.29, 0.717) is 54.8 Å². The van der Waals surface area contributed by atoms with E-state index in [-0.39, 0.29) is 18.4 Å². The highest BCUT2D eigenvalue weighted by Crippen LogP contribution is 2.31. The number of rotatable bonds is 11. The van der Waals surface area contributed by atoms with Gasteiger partial charge in [-0.05, 0) is 55.3 Å². The van der Waals surface area contributed by atoms with Crippen molar-refractivity contribution in [2.75, 3.05) is 51.1 Å². The lowest BCUT2D eigenvalue weighted by molar-refractivity contribution is -0.137. The second-order valence-electron chi connectivity index (χ2n) is 8.82. The number of para-hydroxylation sites is 1. The number of methoxy groups -OCH3 is 1. The maximum atomic E-state index is 12.6. The van der Waals surface area contributed by atoms with Gasteiger partial charge in [0.25, 0.3) is 0 Å². The number of carbonyl (C=O) groups excluding carboxylic acids is 1. The molecule has 4 rings (SSSR count). The number of nitrogens with two attached hydrogens (primary N) is 1. The highest BCUT2D eigenvalue weighted by molar-refractivity contribution is 6.07. The van der Waals surface area contributed by atoms with Crippen LogP contribution in [0.4, 0.5) is 17.2 Å². The molecule has 37 heavy (non-hydrogen) atoms. The van der Waals surface area contributed by atoms with E-state index in [4.69, 9.17) is 25.4 Å². The number of hydrogen-bond acceptors (Lipinski definition) is 8. The number of piperidine rings is 1. The quantitative estimate of drug-likeness (QED) is 0.261. The van der Waals surface area contributed by atoms with E-state index in [9.17, 15) is 4.79 Å². The molecule has 0 unspecified atom stereocenters. The first-order chi connectivity index (χ1) is 18.0. The molecule has 194 valence electrons. The van der Waals surface area contributed by atoms with Gasteiger partial charge in [-0.15, -0.1) is 0 Å². The minimum absolute atomic E-state index is 0.0163. The minimum atomic E-state index is -0.110. The zero-order valence-corrected chi connectivity index (χ0v) is 21.0. The SMILES string of the molecule is COCCOCC(=O)N1CCC[C@@H](C(=N)c2ccnc(N)c2Nc2ccc(Oc3ccccc3)cc2)C1. The number of hydrogen-bond donors (Lipinski definition) is 3. The van der Waals surface area contributed by atoms with E-state index >= 15 is 0 Å². The fourth-order valence-electron chi connectivity index (χ4n) is 4.26. The van der Waals surface area contributed by atoms with E-state index < -0.39 is 0 Å². The Hall–Kier alpha value is -3.95. The summed E-state index contributed by atoms with van der Waals surface area (Å²) in [5.41, 5.74) is 8.71. The van der Waals surface area contributed by atoms with Gasteiger partial charge >= 0.3 is 0 Å². The van der Waals surface area contributed by atoms with E-state index in [0.717, 1.165) is 24.3 Å². The predicted molar refractivity (Wildman–Crippen MR) is 144 cm³/mol. The van der Waals surface area contributed by atoms with Crippen LogP contribution in [0.2, 0.25) is 0 Å². The van der Waals surface area contributed by atoms with Crippen LogP contribution in [0.15, 0.2) is 66.9 Å². The van der Waals surface area contributed by atoms with E-state index in [2.05, 4.69) is 10.3 Å². The van der Waals surface area contributed by atoms with Crippen molar-refractivity contribution in [2.45, 2.75) is 12.8 Å². The fraction of sp³-hybridized carbons (Fsp3) is 0.321. The number of nitrogen functional groups attached to an aromatic ring is 1. The molecular formula is C28H33N5O4. The Labute approximate surface area is 217 Å². The van der Waals surface area contributed by atoms with Gasteiger partial charge in [0, 0.05) is 49.3 Å². The third-order valence-corrected chi connectivity index (χ3v) is 6.21. The summed E-state index contributed by atoms with van der Waals surface area (Å²) in [7, 11) is 1.59. The first-order valence-electron chi connectivity index (χ1n) is 12.3. The first-order valence-corrected chi connectivity index (χ1v) is 12.3. The number of amides is 1. The number of nitrogens with zero attached hydrogens (tertiary/aromatic N) is 2. The van der Waals surface area contributed by atoms with Crippen molar-refractivity contribution in [1.82, 2.24) is 9.88 Å². The molecule has 9 nitrogen and oxygen atoms in total. The fourth-order valence-corrected chi connectivity index (χ4v) is 4.26. The molecule has 2 aromatic carbocycles. The summed E-state index contributed by atoms with van der Waals surface area (Å²) in [4.78, 5) is 18.6. The van der Waals surface area contributed by atoms with Crippen molar-refractivity contribution < 1.29 is 19.0 Å². The van der Waals surface area contributed by atoms with Crippen LogP contribution in [0.25, 0.3) is 0 Å². The van der Waals surface area contributed by atoms with Crippen molar-refractivity contribution in [1.29, 1.82) is 5.41 Å². The number of benzene rings is 2. The summed E-state index contributed by atoms with van der Waals surface area (Å²) in [6.45, 7) is 1.97. The molecule has 0 spiro atoms. The smallest absolute Gasteiger partial charge is 0.248 e. The summed E-state index contributed by atoms with van der Waals surface area (Å²) in [6, 6.07) is 18.9. The molecule has 0 aliphatic carbocycles. The lowest BCUT2D eigenvalue weighted by Gasteiger charge is -2.33. The molecule has 0 radical (unpaired) electrons. The van der Waals surface area contributed by atoms with Crippen molar-refractivity contribution in [3.8, 4) is 11.5 Å². The van der Waals surface area contributed by atoms with E-state index in [1.54, 1.807) is 24.3 Å². The van der Waals surface area contributed by atoms with Gasteiger partial charge in [0.15, 0.2) is 0 Å². The molecule has 1 aromatic heterocycles. The number of likely N-dealkylation sites (tertiary alicyclic amines) is 1. The van der Waals surface area contributed by atoms with Crippen molar-refractivity contribution in [3.05, 3.63) is 72.4 Å². The van der Waals surface area contributed by atoms with Gasteiger partial charge in [0.2, 0.25) is 5.91 Å². The molecule has 4 N–H and O–H groups in total. The van der Waals surface area contributed by atoms with Gasteiger partial charge in [0.1, 0.15) is 23.9 Å². The maximum Gasteiger partial charge on any atom is 0.248 e. The standard InChI is InChI=1S/C28H33N5O4/c1-35-16-17-36-19-25(34)33-15-5-6-20(18-33)26(29)24-13-14-31-28(30)27(24)32-21-9-11-23(12-10-21)37-22-7-3-2-4-8-22/h2-4,7-14,20,29,32H,5-6,15-19H2,1H3,(H2,30,31)/t20-/m1/s1. The molecule has 1 atom stereocenters. The number of carbonyl (C=O) groups is 1. The molecule has 0 bridgehead atoms. The zero-order valence-electron chi connectivity index (χ0n) is 21.0. The molecule has 2 heterocycles. The number of aromatic nitrogens is 1. The minimum Gasteiger partial charge on any atom is -0.457 e. The highest BCUT2D eigenvalue weighted by atomic mass is 16.5. The molecule has 1 fully saturated rings. The molecule has 3 aromatic rings. The molecular weight excluding hydrogens is 470 g/mol. The third-order valence-electron chi connectivity index (χ3n) is 6.21. The van der Waals surface area contributed by atoms with Gasteiger partial charge in [-0.25, -0.2) is 4.98 Å². The van der Waals surface area contributed by atoms with Crippen LogP contribution >= 0.6 is 0 Å². The number of ether oxygens (including phenoxy) is 3. The molecule has 1 aliphatic rings. The van der Waals surface area contributed by atoms with Crippen LogP contribution in [-0.2, 0) is 14.3 Å². The monoisotopic (exact) mass is 503 g/mol. The maximum absolute atomic E-state index is 12.6. The summed E-state index contributed by atoms with van der Waals surface area (Å²) in [5, 5.41) is 12.3. The average molecular weight is 504 g/mol. The van der Waals surface area contributed by atoms with Crippen LogP contribution in [0.3, 0.4) is 0 Å². The normalized spacial score (nSPS) is 15.3. The van der Waals surface area contributed by atoms with E-state index in [1.165, 1.54) is 0 Å². The van der Waals surface area contributed by atoms with Crippen LogP contribution in [0.1, 0.15) is 18.4 Å². The zero-order chi connectivity index (χ0) is 26.0. The first kappa shape index (κ1) is 26.1. The predicted octanol–water partition coefficient (Wildman–Crippen LogP) is 4.47. The summed E-state index contributed by atoms with van der Waals surface area (Å²) in [5.74, 6) is 1.60. The van der Waals surface area contributed by atoms with Crippen LogP contribution in [0, 0.1) is 11.3 Å². The Balaban J connectivity index is 1.43. The van der Waals surface area contributed by atoms with Gasteiger partial charge in [-0.1, -0.05) is 18.2 Å². The Morgan fingerprint density at radius 1 is 1.11 bits per heavy atom. The summed E-state index contributed by atoms with van der Waals surface area (Å²) < 4.78 is 16.2. The van der Waals surface area contributed by atoms with Crippen LogP contribution in [-0.4, -0.2) is 61.5 Å². The number of nitrogens with one attached hydrogen (secondary N) is 2. The van der Waals surface area contributed by atoms with Crippen LogP contribution < -0.4 is 15.8 Å². The Bertz CT molecular complexity index is 1190. The molecule has 1 aliphatic heterocycles. The molecule has 0 saturated carbocycles. The molecule has 1 saturated heterocycles. The van der Waals surface area contributed by atoms with Gasteiger partial charge in [-0.2, -0.15) is 0 Å². The largest absolute Gasteiger partial charge is 0.457 e. The number of anilines is 3. The highest BCUT2D eigenvalue weighted by Gasteiger charge is 2.28. The second-order valence-corrected chi connectivity index (χ2v) is 8.82. The second kappa shape index (κ2) is 12.8. The Morgan fingerprint density at radius 2 is 1.86 bits per heavy atom. The Kier molecular flexibility index (Phi) is 9.07. The van der Waals surface area contributed by atoms with Crippen molar-refractivity contribution in [2.24, 2.45) is 5.92 Å². The van der Waals surface area contributed by atoms with Gasteiger partial charge in [0.05, 0.1) is 18.9 Å². The average Bonchev–Trinajstić information content (AvgIpc) is 2.93. The lowest BCUT2D eigenvalue weighted by Crippen LogP contribution is -2.44. The van der Waals surface area contributed by atoms with Crippen LogP contribution in [0.5, 0.6) is 11.5 Å². The third kappa shape index (κ3) is 7.05. The molecule has 9 heteroatoms. The van der Waals surface area contributed by atoms with Gasteiger partial charge in [-0.3, -0.25) is 4.79 Å². The summed E-state index contributed by atoms with van der Waals surface area (Å²) in [6.07, 6.45) is 3.25. The Morgan fingerprint density at radius 3 is 2.62 bits per heavy atom.